The monoisotopic (exact) mass is 214 g/mol. The molecule has 0 atom stereocenters. The van der Waals surface area contributed by atoms with Crippen molar-refractivity contribution in [1.29, 1.82) is 0 Å². The van der Waals surface area contributed by atoms with Crippen molar-refractivity contribution in [2.45, 2.75) is 13.5 Å². The number of hydrogen-bond donors (Lipinski definition) is 2. The topological polar surface area (TPSA) is 63.8 Å². The second kappa shape index (κ2) is 4.61. The van der Waals surface area contributed by atoms with E-state index in [1.165, 1.54) is 0 Å². The number of nitrogen functional groups attached to an aromatic ring is 1. The molecule has 4 heteroatoms. The van der Waals surface area contributed by atoms with Gasteiger partial charge in [-0.05, 0) is 24.6 Å². The van der Waals surface area contributed by atoms with E-state index in [1.807, 2.05) is 31.2 Å². The van der Waals surface area contributed by atoms with Crippen LogP contribution in [0.3, 0.4) is 0 Å². The maximum absolute atomic E-state index is 5.79. The molecule has 0 unspecified atom stereocenters. The molecule has 0 aliphatic carbocycles. The normalized spacial score (nSPS) is 10.1. The summed E-state index contributed by atoms with van der Waals surface area (Å²) in [7, 11) is 0. The summed E-state index contributed by atoms with van der Waals surface area (Å²) < 4.78 is 0. The van der Waals surface area contributed by atoms with E-state index < -0.39 is 0 Å². The smallest absolute Gasteiger partial charge is 0.128 e. The van der Waals surface area contributed by atoms with Crippen LogP contribution in [-0.2, 0) is 6.54 Å². The first-order valence-corrected chi connectivity index (χ1v) is 5.11. The van der Waals surface area contributed by atoms with Crippen molar-refractivity contribution in [3.05, 3.63) is 47.9 Å². The molecule has 4 nitrogen and oxygen atoms in total. The predicted octanol–water partition coefficient (Wildman–Crippen LogP) is 1.98. The lowest BCUT2D eigenvalue weighted by Gasteiger charge is -2.06. The molecule has 0 amide bonds. The van der Waals surface area contributed by atoms with Crippen LogP contribution in [0.2, 0.25) is 0 Å². The minimum absolute atomic E-state index is 0.649. The molecule has 2 aromatic heterocycles. The average molecular weight is 214 g/mol. The Morgan fingerprint density at radius 1 is 1.31 bits per heavy atom. The van der Waals surface area contributed by atoms with Crippen LogP contribution < -0.4 is 11.1 Å². The summed E-state index contributed by atoms with van der Waals surface area (Å²) in [4.78, 5) is 8.45. The van der Waals surface area contributed by atoms with E-state index >= 15 is 0 Å². The van der Waals surface area contributed by atoms with Crippen LogP contribution in [0, 0.1) is 6.92 Å². The number of rotatable bonds is 3. The van der Waals surface area contributed by atoms with Crippen molar-refractivity contribution < 1.29 is 0 Å². The molecule has 0 bridgehead atoms. The molecule has 82 valence electrons. The van der Waals surface area contributed by atoms with E-state index in [-0.39, 0.29) is 0 Å². The number of hydrogen-bond acceptors (Lipinski definition) is 4. The molecule has 2 rings (SSSR count). The summed E-state index contributed by atoms with van der Waals surface area (Å²) in [6.07, 6.45) is 3.53. The lowest BCUT2D eigenvalue weighted by atomic mass is 10.2. The number of nitrogens with two attached hydrogens (primary N) is 1. The zero-order valence-corrected chi connectivity index (χ0v) is 9.14. The molecule has 3 N–H and O–H groups in total. The van der Waals surface area contributed by atoms with Crippen molar-refractivity contribution in [3.63, 3.8) is 0 Å². The van der Waals surface area contributed by atoms with Crippen LogP contribution in [0.15, 0.2) is 36.7 Å². The molecule has 0 saturated carbocycles. The van der Waals surface area contributed by atoms with Crippen LogP contribution in [0.5, 0.6) is 0 Å². The van der Waals surface area contributed by atoms with Gasteiger partial charge in [-0.15, -0.1) is 0 Å². The molecule has 16 heavy (non-hydrogen) atoms. The van der Waals surface area contributed by atoms with Gasteiger partial charge in [-0.1, -0.05) is 6.07 Å². The Morgan fingerprint density at radius 2 is 2.19 bits per heavy atom. The van der Waals surface area contributed by atoms with E-state index in [0.717, 1.165) is 22.8 Å². The predicted molar refractivity (Wildman–Crippen MR) is 65.0 cm³/mol. The Kier molecular flexibility index (Phi) is 3.00. The van der Waals surface area contributed by atoms with E-state index in [0.29, 0.717) is 6.54 Å². The standard InChI is InChI=1S/C12H14N4/c1-9-7-15-12(6-11(9)13)16-8-10-4-2-3-5-14-10/h2-7H,8H2,1H3,(H3,13,15,16). The number of pyridine rings is 2. The second-order valence-corrected chi connectivity index (χ2v) is 3.60. The average Bonchev–Trinajstić information content (AvgIpc) is 2.32. The fourth-order valence-corrected chi connectivity index (χ4v) is 1.32. The van der Waals surface area contributed by atoms with Crippen LogP contribution in [0.4, 0.5) is 11.5 Å². The van der Waals surface area contributed by atoms with Crippen molar-refractivity contribution in [3.8, 4) is 0 Å². The van der Waals surface area contributed by atoms with Gasteiger partial charge < -0.3 is 11.1 Å². The third-order valence-corrected chi connectivity index (χ3v) is 2.32. The molecule has 0 aliphatic rings. The van der Waals surface area contributed by atoms with E-state index in [2.05, 4.69) is 15.3 Å². The molecule has 2 heterocycles. The minimum Gasteiger partial charge on any atom is -0.398 e. The zero-order valence-electron chi connectivity index (χ0n) is 9.14. The maximum atomic E-state index is 5.79. The van der Waals surface area contributed by atoms with Crippen molar-refractivity contribution in [2.75, 3.05) is 11.1 Å². The number of aromatic nitrogens is 2. The van der Waals surface area contributed by atoms with Gasteiger partial charge in [0.2, 0.25) is 0 Å². The molecule has 0 fully saturated rings. The van der Waals surface area contributed by atoms with Crippen molar-refractivity contribution >= 4 is 11.5 Å². The lowest BCUT2D eigenvalue weighted by molar-refractivity contribution is 1.03. The summed E-state index contributed by atoms with van der Waals surface area (Å²) >= 11 is 0. The first-order chi connectivity index (χ1) is 7.75. The number of nitrogens with one attached hydrogen (secondary N) is 1. The first-order valence-electron chi connectivity index (χ1n) is 5.11. The van der Waals surface area contributed by atoms with Gasteiger partial charge in [-0.2, -0.15) is 0 Å². The van der Waals surface area contributed by atoms with Gasteiger partial charge in [0, 0.05) is 24.1 Å². The molecule has 0 spiro atoms. The van der Waals surface area contributed by atoms with Crippen LogP contribution >= 0.6 is 0 Å². The Hall–Kier alpha value is -2.10. The molecule has 0 aliphatic heterocycles. The fourth-order valence-electron chi connectivity index (χ4n) is 1.32. The first kappa shape index (κ1) is 10.4. The highest BCUT2D eigenvalue weighted by atomic mass is 15.0. The zero-order chi connectivity index (χ0) is 11.4. The van der Waals surface area contributed by atoms with Crippen LogP contribution in [-0.4, -0.2) is 9.97 Å². The van der Waals surface area contributed by atoms with Crippen LogP contribution in [0.1, 0.15) is 11.3 Å². The maximum Gasteiger partial charge on any atom is 0.128 e. The van der Waals surface area contributed by atoms with Crippen molar-refractivity contribution in [1.82, 2.24) is 9.97 Å². The summed E-state index contributed by atoms with van der Waals surface area (Å²) in [5.74, 6) is 0.772. The Morgan fingerprint density at radius 3 is 2.88 bits per heavy atom. The largest absolute Gasteiger partial charge is 0.398 e. The second-order valence-electron chi connectivity index (χ2n) is 3.60. The minimum atomic E-state index is 0.649. The van der Waals surface area contributed by atoms with Gasteiger partial charge in [0.05, 0.1) is 12.2 Å². The molecular weight excluding hydrogens is 200 g/mol. The fraction of sp³-hybridized carbons (Fsp3) is 0.167. The number of nitrogens with zero attached hydrogens (tertiary/aromatic N) is 2. The molecular formula is C12H14N4. The SMILES string of the molecule is Cc1cnc(NCc2ccccn2)cc1N. The Balaban J connectivity index is 2.03. The lowest BCUT2D eigenvalue weighted by Crippen LogP contribution is -2.03. The van der Waals surface area contributed by atoms with Crippen LogP contribution in [0.25, 0.3) is 0 Å². The highest BCUT2D eigenvalue weighted by molar-refractivity contribution is 5.53. The van der Waals surface area contributed by atoms with Gasteiger partial charge >= 0.3 is 0 Å². The summed E-state index contributed by atoms with van der Waals surface area (Å²) in [6.45, 7) is 2.58. The number of anilines is 2. The molecule has 0 saturated heterocycles. The van der Waals surface area contributed by atoms with Gasteiger partial charge in [-0.25, -0.2) is 4.98 Å². The highest BCUT2D eigenvalue weighted by Crippen LogP contribution is 2.13. The molecule has 0 aromatic carbocycles. The summed E-state index contributed by atoms with van der Waals surface area (Å²) in [5, 5.41) is 3.18. The quantitative estimate of drug-likeness (QED) is 0.820. The highest BCUT2D eigenvalue weighted by Gasteiger charge is 1.98. The molecule has 0 radical (unpaired) electrons. The third kappa shape index (κ3) is 2.48. The summed E-state index contributed by atoms with van der Waals surface area (Å²) in [5.41, 5.74) is 8.51. The number of aryl methyl sites for hydroxylation is 1. The van der Waals surface area contributed by atoms with Gasteiger partial charge in [0.1, 0.15) is 5.82 Å². The third-order valence-electron chi connectivity index (χ3n) is 2.32. The van der Waals surface area contributed by atoms with Gasteiger partial charge in [0.25, 0.3) is 0 Å². The van der Waals surface area contributed by atoms with Gasteiger partial charge in [0.15, 0.2) is 0 Å². The van der Waals surface area contributed by atoms with E-state index in [1.54, 1.807) is 12.4 Å². The Bertz CT molecular complexity index is 468. The molecule has 2 aromatic rings. The summed E-state index contributed by atoms with van der Waals surface area (Å²) in [6, 6.07) is 7.65. The van der Waals surface area contributed by atoms with Crippen molar-refractivity contribution in [2.24, 2.45) is 0 Å². The van der Waals surface area contributed by atoms with Gasteiger partial charge in [-0.3, -0.25) is 4.98 Å². The Labute approximate surface area is 94.5 Å². The van der Waals surface area contributed by atoms with E-state index in [9.17, 15) is 0 Å². The van der Waals surface area contributed by atoms with E-state index in [4.69, 9.17) is 5.73 Å².